The molecule has 102 valence electrons. The van der Waals surface area contributed by atoms with E-state index in [1.807, 2.05) is 0 Å². The summed E-state index contributed by atoms with van der Waals surface area (Å²) in [6, 6.07) is 8.08. The van der Waals surface area contributed by atoms with E-state index in [1.165, 1.54) is 18.5 Å². The molecule has 0 radical (unpaired) electrons. The number of hydrogen-bond donors (Lipinski definition) is 2. The molecule has 20 heavy (non-hydrogen) atoms. The van der Waals surface area contributed by atoms with Crippen LogP contribution >= 0.6 is 0 Å². The zero-order valence-corrected chi connectivity index (χ0v) is 10.8. The van der Waals surface area contributed by atoms with Crippen molar-refractivity contribution in [3.63, 3.8) is 0 Å². The van der Waals surface area contributed by atoms with E-state index in [1.54, 1.807) is 24.3 Å². The van der Waals surface area contributed by atoms with Gasteiger partial charge < -0.3 is 11.1 Å². The number of nitrogens with two attached hydrogens (primary N) is 1. The lowest BCUT2D eigenvalue weighted by Gasteiger charge is -2.18. The zero-order valence-electron chi connectivity index (χ0n) is 10.8. The number of aromatic nitrogens is 1. The third-order valence-electron chi connectivity index (χ3n) is 3.51. The van der Waals surface area contributed by atoms with E-state index in [9.17, 15) is 9.18 Å². The number of nitrogens with zero attached hydrogens (tertiary/aromatic N) is 1. The van der Waals surface area contributed by atoms with Gasteiger partial charge in [0.1, 0.15) is 5.82 Å². The summed E-state index contributed by atoms with van der Waals surface area (Å²) in [5, 5.41) is 2.89. The van der Waals surface area contributed by atoms with Crippen LogP contribution in [0.4, 0.5) is 10.1 Å². The molecule has 0 saturated heterocycles. The molecule has 0 bridgehead atoms. The molecule has 3 rings (SSSR count). The Labute approximate surface area is 115 Å². The molecule has 1 fully saturated rings. The summed E-state index contributed by atoms with van der Waals surface area (Å²) in [6.45, 7) is 0. The van der Waals surface area contributed by atoms with Crippen LogP contribution in [0.5, 0.6) is 0 Å². The van der Waals surface area contributed by atoms with Crippen LogP contribution in [0.1, 0.15) is 28.8 Å². The average Bonchev–Trinajstić information content (AvgIpc) is 3.20. The highest BCUT2D eigenvalue weighted by atomic mass is 19.1. The van der Waals surface area contributed by atoms with E-state index in [0.717, 1.165) is 12.8 Å². The molecule has 2 aromatic rings. The maximum absolute atomic E-state index is 13.9. The number of rotatable bonds is 3. The predicted molar refractivity (Wildman–Crippen MR) is 73.4 cm³/mol. The highest BCUT2D eigenvalue weighted by Gasteiger charge is 2.47. The molecule has 3 N–H and O–H groups in total. The van der Waals surface area contributed by atoms with Crippen molar-refractivity contribution in [3.05, 3.63) is 59.7 Å². The van der Waals surface area contributed by atoms with Gasteiger partial charge in [-0.15, -0.1) is 0 Å². The van der Waals surface area contributed by atoms with Crippen LogP contribution in [0.2, 0.25) is 0 Å². The standard InChI is InChI=1S/C15H14FN3O/c16-13-4-2-1-3-12(13)15(5-6-15)19-14(20)10-7-11(17)9-18-8-10/h1-4,7-9H,5-6,17H2,(H,19,20). The molecule has 1 amide bonds. The average molecular weight is 271 g/mol. The lowest BCUT2D eigenvalue weighted by molar-refractivity contribution is 0.0930. The Bertz CT molecular complexity index is 668. The van der Waals surface area contributed by atoms with Gasteiger partial charge in [0.05, 0.1) is 16.8 Å². The quantitative estimate of drug-likeness (QED) is 0.899. The molecule has 1 heterocycles. The highest BCUT2D eigenvalue weighted by Crippen LogP contribution is 2.46. The lowest BCUT2D eigenvalue weighted by atomic mass is 10.0. The third-order valence-corrected chi connectivity index (χ3v) is 3.51. The largest absolute Gasteiger partial charge is 0.397 e. The van der Waals surface area contributed by atoms with E-state index in [2.05, 4.69) is 10.3 Å². The summed E-state index contributed by atoms with van der Waals surface area (Å²) < 4.78 is 13.9. The highest BCUT2D eigenvalue weighted by molar-refractivity contribution is 5.95. The molecule has 0 unspecified atom stereocenters. The molecule has 1 aliphatic carbocycles. The monoisotopic (exact) mass is 271 g/mol. The number of pyridine rings is 1. The van der Waals surface area contributed by atoms with E-state index >= 15 is 0 Å². The van der Waals surface area contributed by atoms with Gasteiger partial charge in [-0.25, -0.2) is 4.39 Å². The van der Waals surface area contributed by atoms with Crippen molar-refractivity contribution in [3.8, 4) is 0 Å². The fourth-order valence-electron chi connectivity index (χ4n) is 2.31. The zero-order chi connectivity index (χ0) is 14.2. The third kappa shape index (κ3) is 2.22. The molecular weight excluding hydrogens is 257 g/mol. The number of anilines is 1. The second kappa shape index (κ2) is 4.59. The Morgan fingerprint density at radius 3 is 2.70 bits per heavy atom. The Morgan fingerprint density at radius 1 is 1.30 bits per heavy atom. The first-order chi connectivity index (χ1) is 9.61. The fraction of sp³-hybridized carbons (Fsp3) is 0.200. The number of nitrogens with one attached hydrogen (secondary N) is 1. The van der Waals surface area contributed by atoms with Gasteiger partial charge in [-0.05, 0) is 25.0 Å². The van der Waals surface area contributed by atoms with Gasteiger partial charge in [-0.3, -0.25) is 9.78 Å². The van der Waals surface area contributed by atoms with Gasteiger partial charge in [0.2, 0.25) is 0 Å². The summed E-state index contributed by atoms with van der Waals surface area (Å²) in [5.74, 6) is -0.582. The van der Waals surface area contributed by atoms with Crippen LogP contribution in [-0.4, -0.2) is 10.9 Å². The number of benzene rings is 1. The minimum atomic E-state index is -0.590. The first-order valence-corrected chi connectivity index (χ1v) is 6.39. The van der Waals surface area contributed by atoms with Crippen molar-refractivity contribution in [2.75, 3.05) is 5.73 Å². The van der Waals surface area contributed by atoms with Gasteiger partial charge in [0, 0.05) is 18.0 Å². The Morgan fingerprint density at radius 2 is 2.05 bits per heavy atom. The number of nitrogen functional groups attached to an aromatic ring is 1. The first kappa shape index (κ1) is 12.6. The number of halogens is 1. The number of carbonyl (C=O) groups is 1. The summed E-state index contributed by atoms with van der Waals surface area (Å²) in [6.07, 6.45) is 4.38. The number of carbonyl (C=O) groups excluding carboxylic acids is 1. The molecular formula is C15H14FN3O. The minimum Gasteiger partial charge on any atom is -0.397 e. The first-order valence-electron chi connectivity index (χ1n) is 6.39. The predicted octanol–water partition coefficient (Wildman–Crippen LogP) is 2.22. The van der Waals surface area contributed by atoms with Gasteiger partial charge >= 0.3 is 0 Å². The minimum absolute atomic E-state index is 0.287. The smallest absolute Gasteiger partial charge is 0.253 e. The normalized spacial score (nSPS) is 15.7. The molecule has 4 nitrogen and oxygen atoms in total. The molecule has 1 aliphatic rings. The van der Waals surface area contributed by atoms with E-state index in [4.69, 9.17) is 5.73 Å². The molecule has 0 atom stereocenters. The van der Waals surface area contributed by atoms with Crippen molar-refractivity contribution < 1.29 is 9.18 Å². The SMILES string of the molecule is Nc1cncc(C(=O)NC2(c3ccccc3F)CC2)c1. The van der Waals surface area contributed by atoms with Crippen molar-refractivity contribution in [1.29, 1.82) is 0 Å². The van der Waals surface area contributed by atoms with E-state index < -0.39 is 5.54 Å². The molecule has 0 aliphatic heterocycles. The van der Waals surface area contributed by atoms with Crippen molar-refractivity contribution in [1.82, 2.24) is 10.3 Å². The molecule has 1 saturated carbocycles. The number of amides is 1. The van der Waals surface area contributed by atoms with Gasteiger partial charge in [0.15, 0.2) is 0 Å². The summed E-state index contributed by atoms with van der Waals surface area (Å²) in [4.78, 5) is 16.1. The fourth-order valence-corrected chi connectivity index (χ4v) is 2.31. The second-order valence-corrected chi connectivity index (χ2v) is 5.02. The summed E-state index contributed by atoms with van der Waals surface area (Å²) in [7, 11) is 0. The topological polar surface area (TPSA) is 68.0 Å². The Kier molecular flexibility index (Phi) is 2.89. The molecule has 1 aromatic heterocycles. The van der Waals surface area contributed by atoms with Crippen LogP contribution in [0.3, 0.4) is 0 Å². The van der Waals surface area contributed by atoms with Crippen LogP contribution in [0.15, 0.2) is 42.7 Å². The lowest BCUT2D eigenvalue weighted by Crippen LogP contribution is -2.35. The maximum Gasteiger partial charge on any atom is 0.253 e. The van der Waals surface area contributed by atoms with Crippen molar-refractivity contribution >= 4 is 11.6 Å². The van der Waals surface area contributed by atoms with E-state index in [-0.39, 0.29) is 11.7 Å². The van der Waals surface area contributed by atoms with Crippen LogP contribution < -0.4 is 11.1 Å². The van der Waals surface area contributed by atoms with Gasteiger partial charge in [0.25, 0.3) is 5.91 Å². The number of hydrogen-bond acceptors (Lipinski definition) is 3. The van der Waals surface area contributed by atoms with Crippen LogP contribution in [0.25, 0.3) is 0 Å². The Hall–Kier alpha value is -2.43. The van der Waals surface area contributed by atoms with Gasteiger partial charge in [-0.2, -0.15) is 0 Å². The van der Waals surface area contributed by atoms with Crippen molar-refractivity contribution in [2.45, 2.75) is 18.4 Å². The van der Waals surface area contributed by atoms with Gasteiger partial charge in [-0.1, -0.05) is 18.2 Å². The van der Waals surface area contributed by atoms with Crippen LogP contribution in [0, 0.1) is 5.82 Å². The molecule has 5 heteroatoms. The van der Waals surface area contributed by atoms with Crippen molar-refractivity contribution in [2.24, 2.45) is 0 Å². The summed E-state index contributed by atoms with van der Waals surface area (Å²) in [5.41, 5.74) is 6.36. The summed E-state index contributed by atoms with van der Waals surface area (Å²) >= 11 is 0. The Balaban J connectivity index is 1.84. The molecule has 0 spiro atoms. The van der Waals surface area contributed by atoms with Crippen LogP contribution in [-0.2, 0) is 5.54 Å². The molecule has 1 aromatic carbocycles. The van der Waals surface area contributed by atoms with E-state index in [0.29, 0.717) is 16.8 Å². The maximum atomic E-state index is 13.9. The second-order valence-electron chi connectivity index (χ2n) is 5.02.